The van der Waals surface area contributed by atoms with Crippen molar-refractivity contribution in [2.24, 2.45) is 11.7 Å². The van der Waals surface area contributed by atoms with Gasteiger partial charge in [-0.1, -0.05) is 15.9 Å². The molecule has 0 saturated heterocycles. The molecule has 1 fully saturated rings. The van der Waals surface area contributed by atoms with Crippen LogP contribution < -0.4 is 5.73 Å². The maximum absolute atomic E-state index is 13.3. The molecule has 4 heteroatoms. The van der Waals surface area contributed by atoms with Crippen molar-refractivity contribution < 1.29 is 4.39 Å². The van der Waals surface area contributed by atoms with E-state index in [1.54, 1.807) is 12.1 Å². The molecule has 0 bridgehead atoms. The Bertz CT molecular complexity index is 328. The molecule has 1 aliphatic carbocycles. The fraction of sp³-hybridized carbons (Fsp3) is 0.400. The summed E-state index contributed by atoms with van der Waals surface area (Å²) in [6, 6.07) is 4.80. The van der Waals surface area contributed by atoms with E-state index in [-0.39, 0.29) is 24.3 Å². The minimum atomic E-state index is -0.192. The Balaban J connectivity index is 0.000000980. The summed E-state index contributed by atoms with van der Waals surface area (Å²) in [5.41, 5.74) is 6.55. The lowest BCUT2D eigenvalue weighted by Crippen LogP contribution is -2.14. The predicted molar refractivity (Wildman–Crippen MR) is 61.0 cm³/mol. The topological polar surface area (TPSA) is 26.0 Å². The van der Waals surface area contributed by atoms with E-state index >= 15 is 0 Å². The van der Waals surface area contributed by atoms with Gasteiger partial charge in [-0.2, -0.15) is 0 Å². The maximum Gasteiger partial charge on any atom is 0.128 e. The van der Waals surface area contributed by atoms with Crippen LogP contribution in [0.1, 0.15) is 24.4 Å². The van der Waals surface area contributed by atoms with Crippen molar-refractivity contribution in [1.29, 1.82) is 0 Å². The highest BCUT2D eigenvalue weighted by atomic mass is 79.9. The monoisotopic (exact) mass is 279 g/mol. The van der Waals surface area contributed by atoms with Gasteiger partial charge in [0, 0.05) is 16.1 Å². The van der Waals surface area contributed by atoms with Crippen molar-refractivity contribution in [3.8, 4) is 0 Å². The van der Waals surface area contributed by atoms with E-state index in [0.29, 0.717) is 11.5 Å². The third-order valence-electron chi connectivity index (χ3n) is 2.45. The zero-order valence-corrected chi connectivity index (χ0v) is 9.94. The van der Waals surface area contributed by atoms with Crippen LogP contribution in [0.25, 0.3) is 0 Å². The average molecular weight is 281 g/mol. The third-order valence-corrected chi connectivity index (χ3v) is 2.94. The molecule has 1 atom stereocenters. The molecule has 14 heavy (non-hydrogen) atoms. The SMILES string of the molecule is Cl.N[C@H](c1cc(Br)ccc1F)C1CC1. The molecule has 0 aromatic heterocycles. The van der Waals surface area contributed by atoms with Gasteiger partial charge < -0.3 is 5.73 Å². The quantitative estimate of drug-likeness (QED) is 0.882. The fourth-order valence-electron chi connectivity index (χ4n) is 1.48. The molecule has 0 aliphatic heterocycles. The molecule has 1 aliphatic rings. The van der Waals surface area contributed by atoms with Crippen LogP contribution in [0.15, 0.2) is 22.7 Å². The molecule has 1 aromatic carbocycles. The second-order valence-electron chi connectivity index (χ2n) is 3.53. The number of halogens is 3. The summed E-state index contributed by atoms with van der Waals surface area (Å²) in [5, 5.41) is 0. The van der Waals surface area contributed by atoms with Gasteiger partial charge in [0.05, 0.1) is 0 Å². The van der Waals surface area contributed by atoms with Crippen LogP contribution in [-0.4, -0.2) is 0 Å². The van der Waals surface area contributed by atoms with Gasteiger partial charge in [-0.15, -0.1) is 12.4 Å². The standard InChI is InChI=1S/C10H11BrFN.ClH/c11-7-3-4-9(12)8(5-7)10(13)6-1-2-6;/h3-6,10H,1-2,13H2;1H/t10-;/m0./s1. The second-order valence-corrected chi connectivity index (χ2v) is 4.44. The molecular weight excluding hydrogens is 268 g/mol. The van der Waals surface area contributed by atoms with Crippen molar-refractivity contribution in [3.63, 3.8) is 0 Å². The molecule has 0 spiro atoms. The molecule has 2 N–H and O–H groups in total. The third kappa shape index (κ3) is 2.47. The van der Waals surface area contributed by atoms with Gasteiger partial charge in [-0.05, 0) is 37.0 Å². The first-order chi connectivity index (χ1) is 6.18. The first kappa shape index (κ1) is 12.0. The van der Waals surface area contributed by atoms with Crippen molar-refractivity contribution in [2.75, 3.05) is 0 Å². The smallest absolute Gasteiger partial charge is 0.128 e. The molecule has 0 unspecified atom stereocenters. The van der Waals surface area contributed by atoms with E-state index in [4.69, 9.17) is 5.73 Å². The minimum Gasteiger partial charge on any atom is -0.324 e. The largest absolute Gasteiger partial charge is 0.324 e. The first-order valence-corrected chi connectivity index (χ1v) is 5.18. The Morgan fingerprint density at radius 1 is 1.43 bits per heavy atom. The summed E-state index contributed by atoms with van der Waals surface area (Å²) in [4.78, 5) is 0. The minimum absolute atomic E-state index is 0. The summed E-state index contributed by atoms with van der Waals surface area (Å²) in [6.07, 6.45) is 2.26. The van der Waals surface area contributed by atoms with Crippen molar-refractivity contribution in [2.45, 2.75) is 18.9 Å². The van der Waals surface area contributed by atoms with Crippen LogP contribution >= 0.6 is 28.3 Å². The number of rotatable bonds is 2. The first-order valence-electron chi connectivity index (χ1n) is 4.39. The van der Waals surface area contributed by atoms with E-state index < -0.39 is 0 Å². The molecule has 0 radical (unpaired) electrons. The Labute approximate surface area is 97.4 Å². The van der Waals surface area contributed by atoms with Gasteiger partial charge in [0.1, 0.15) is 5.82 Å². The lowest BCUT2D eigenvalue weighted by molar-refractivity contribution is 0.553. The molecule has 78 valence electrons. The number of hydrogen-bond donors (Lipinski definition) is 1. The Hall–Kier alpha value is -0.120. The summed E-state index contributed by atoms with van der Waals surface area (Å²) < 4.78 is 14.2. The van der Waals surface area contributed by atoms with E-state index in [9.17, 15) is 4.39 Å². The number of hydrogen-bond acceptors (Lipinski definition) is 1. The molecule has 0 heterocycles. The van der Waals surface area contributed by atoms with Gasteiger partial charge in [0.2, 0.25) is 0 Å². The number of benzene rings is 1. The van der Waals surface area contributed by atoms with Gasteiger partial charge in [-0.3, -0.25) is 0 Å². The van der Waals surface area contributed by atoms with Gasteiger partial charge in [0.15, 0.2) is 0 Å². The summed E-state index contributed by atoms with van der Waals surface area (Å²) in [7, 11) is 0. The van der Waals surface area contributed by atoms with E-state index in [0.717, 1.165) is 17.3 Å². The predicted octanol–water partition coefficient (Wildman–Crippen LogP) is 3.42. The maximum atomic E-state index is 13.3. The Morgan fingerprint density at radius 3 is 2.64 bits per heavy atom. The zero-order valence-electron chi connectivity index (χ0n) is 7.54. The Morgan fingerprint density at radius 2 is 2.07 bits per heavy atom. The van der Waals surface area contributed by atoms with Crippen LogP contribution in [0.5, 0.6) is 0 Å². The highest BCUT2D eigenvalue weighted by Gasteiger charge is 2.30. The van der Waals surface area contributed by atoms with Gasteiger partial charge in [0.25, 0.3) is 0 Å². The molecule has 1 nitrogen and oxygen atoms in total. The van der Waals surface area contributed by atoms with Crippen molar-refractivity contribution in [3.05, 3.63) is 34.1 Å². The van der Waals surface area contributed by atoms with Crippen molar-refractivity contribution >= 4 is 28.3 Å². The molecule has 2 rings (SSSR count). The summed E-state index contributed by atoms with van der Waals surface area (Å²) in [5.74, 6) is 0.298. The molecule has 1 saturated carbocycles. The number of nitrogens with two attached hydrogens (primary N) is 1. The summed E-state index contributed by atoms with van der Waals surface area (Å²) in [6.45, 7) is 0. The highest BCUT2D eigenvalue weighted by molar-refractivity contribution is 9.10. The van der Waals surface area contributed by atoms with Crippen molar-refractivity contribution in [1.82, 2.24) is 0 Å². The van der Waals surface area contributed by atoms with Crippen LogP contribution in [-0.2, 0) is 0 Å². The van der Waals surface area contributed by atoms with E-state index in [1.807, 2.05) is 0 Å². The lowest BCUT2D eigenvalue weighted by atomic mass is 10.0. The van der Waals surface area contributed by atoms with Gasteiger partial charge >= 0.3 is 0 Å². The highest BCUT2D eigenvalue weighted by Crippen LogP contribution is 2.40. The van der Waals surface area contributed by atoms with Crippen LogP contribution in [0.3, 0.4) is 0 Å². The van der Waals surface area contributed by atoms with Crippen LogP contribution in [0.2, 0.25) is 0 Å². The average Bonchev–Trinajstić information content (AvgIpc) is 2.91. The summed E-state index contributed by atoms with van der Waals surface area (Å²) >= 11 is 3.31. The van der Waals surface area contributed by atoms with Crippen LogP contribution in [0.4, 0.5) is 4.39 Å². The normalized spacial score (nSPS) is 17.4. The molecule has 0 amide bonds. The van der Waals surface area contributed by atoms with Gasteiger partial charge in [-0.25, -0.2) is 4.39 Å². The zero-order chi connectivity index (χ0) is 9.42. The fourth-order valence-corrected chi connectivity index (χ4v) is 1.86. The van der Waals surface area contributed by atoms with E-state index in [1.165, 1.54) is 6.07 Å². The molecular formula is C10H12BrClFN. The molecule has 1 aromatic rings. The lowest BCUT2D eigenvalue weighted by Gasteiger charge is -2.11. The second kappa shape index (κ2) is 4.60. The Kier molecular flexibility index (Phi) is 3.93. The van der Waals surface area contributed by atoms with Crippen LogP contribution in [0, 0.1) is 11.7 Å². The van der Waals surface area contributed by atoms with E-state index in [2.05, 4.69) is 15.9 Å².